The van der Waals surface area contributed by atoms with Crippen LogP contribution in [0.5, 0.6) is 0 Å². The highest BCUT2D eigenvalue weighted by Crippen LogP contribution is 2.27. The number of benzene rings is 2. The zero-order valence-electron chi connectivity index (χ0n) is 14.3. The molecule has 0 saturated carbocycles. The van der Waals surface area contributed by atoms with E-state index >= 15 is 0 Å². The van der Waals surface area contributed by atoms with Crippen LogP contribution in [0.3, 0.4) is 0 Å². The van der Waals surface area contributed by atoms with E-state index in [0.29, 0.717) is 24.2 Å². The van der Waals surface area contributed by atoms with Crippen molar-refractivity contribution in [3.63, 3.8) is 0 Å². The van der Waals surface area contributed by atoms with Gasteiger partial charge in [0.25, 0.3) is 17.7 Å². The van der Waals surface area contributed by atoms with Crippen molar-refractivity contribution in [2.75, 3.05) is 13.1 Å². The molecule has 0 aromatic heterocycles. The predicted octanol–water partition coefficient (Wildman–Crippen LogP) is 2.17. The molecule has 1 fully saturated rings. The monoisotopic (exact) mass is 350 g/mol. The van der Waals surface area contributed by atoms with Crippen LogP contribution in [0.1, 0.15) is 49.7 Å². The molecular weight excluding hydrogens is 332 g/mol. The number of morpholine rings is 1. The molecule has 2 aromatic rings. The maximum absolute atomic E-state index is 13.0. The number of nitrogens with zero attached hydrogens (tertiary/aromatic N) is 1. The summed E-state index contributed by atoms with van der Waals surface area (Å²) in [5, 5.41) is 2.24. The van der Waals surface area contributed by atoms with Gasteiger partial charge < -0.3 is 9.64 Å². The lowest BCUT2D eigenvalue weighted by molar-refractivity contribution is -0.0691. The van der Waals surface area contributed by atoms with Crippen molar-refractivity contribution in [1.82, 2.24) is 10.2 Å². The summed E-state index contributed by atoms with van der Waals surface area (Å²) in [6, 6.07) is 14.4. The Morgan fingerprint density at radius 1 is 1.04 bits per heavy atom. The van der Waals surface area contributed by atoms with Gasteiger partial charge in [0, 0.05) is 12.1 Å². The third-order valence-corrected chi connectivity index (χ3v) is 4.70. The van der Waals surface area contributed by atoms with Crippen molar-refractivity contribution in [3.05, 3.63) is 70.8 Å². The molecule has 0 bridgehead atoms. The minimum atomic E-state index is -0.461. The van der Waals surface area contributed by atoms with Gasteiger partial charge in [0.2, 0.25) is 0 Å². The van der Waals surface area contributed by atoms with Crippen molar-refractivity contribution in [2.24, 2.45) is 0 Å². The summed E-state index contributed by atoms with van der Waals surface area (Å²) in [6.45, 7) is 2.85. The zero-order valence-corrected chi connectivity index (χ0v) is 14.3. The van der Waals surface area contributed by atoms with Crippen molar-refractivity contribution in [2.45, 2.75) is 19.1 Å². The Bertz CT molecular complexity index is 894. The number of carbonyl (C=O) groups excluding carboxylic acids is 3. The second kappa shape index (κ2) is 6.38. The Morgan fingerprint density at radius 2 is 1.77 bits per heavy atom. The number of hydrogen-bond acceptors (Lipinski definition) is 4. The number of imide groups is 1. The van der Waals surface area contributed by atoms with Crippen molar-refractivity contribution in [1.29, 1.82) is 0 Å². The Labute approximate surface area is 150 Å². The lowest BCUT2D eigenvalue weighted by atomic mass is 10.0. The van der Waals surface area contributed by atoms with Gasteiger partial charge in [-0.05, 0) is 30.7 Å². The lowest BCUT2D eigenvalue weighted by Crippen LogP contribution is -2.46. The molecule has 0 spiro atoms. The lowest BCUT2D eigenvalue weighted by Gasteiger charge is -2.37. The summed E-state index contributed by atoms with van der Waals surface area (Å²) in [4.78, 5) is 38.2. The molecule has 2 heterocycles. The van der Waals surface area contributed by atoms with Crippen molar-refractivity contribution in [3.8, 4) is 0 Å². The summed E-state index contributed by atoms with van der Waals surface area (Å²) < 4.78 is 5.99. The predicted molar refractivity (Wildman–Crippen MR) is 93.9 cm³/mol. The minimum absolute atomic E-state index is 0.0998. The van der Waals surface area contributed by atoms with Gasteiger partial charge in [0.15, 0.2) is 0 Å². The molecule has 1 N–H and O–H groups in total. The number of hydrogen-bond donors (Lipinski definition) is 1. The molecule has 2 atom stereocenters. The van der Waals surface area contributed by atoms with E-state index < -0.39 is 11.8 Å². The van der Waals surface area contributed by atoms with Gasteiger partial charge in [-0.25, -0.2) is 0 Å². The van der Waals surface area contributed by atoms with Crippen molar-refractivity contribution < 1.29 is 19.1 Å². The molecule has 0 unspecified atom stereocenters. The van der Waals surface area contributed by atoms with E-state index in [9.17, 15) is 14.4 Å². The highest BCUT2D eigenvalue weighted by Gasteiger charge is 2.32. The fraction of sp³-hybridized carbons (Fsp3) is 0.250. The second-order valence-corrected chi connectivity index (χ2v) is 6.60. The Kier molecular flexibility index (Phi) is 4.05. The van der Waals surface area contributed by atoms with Gasteiger partial charge >= 0.3 is 0 Å². The van der Waals surface area contributed by atoms with E-state index in [1.54, 1.807) is 11.0 Å². The van der Waals surface area contributed by atoms with E-state index in [1.165, 1.54) is 12.1 Å². The molecular formula is C20H18N2O4. The molecule has 132 valence electrons. The standard InChI is InChI=1S/C20H18N2O4/c1-12-10-22(11-17(26-12)13-5-3-2-4-6-13)20(25)14-7-8-15-16(9-14)19(24)21-18(15)23/h2-9,12,17H,10-11H2,1H3,(H,21,23,24)/t12-,17+/m0/s1. The molecule has 4 rings (SSSR count). The van der Waals surface area contributed by atoms with Crippen LogP contribution in [0.15, 0.2) is 48.5 Å². The third kappa shape index (κ3) is 2.88. The maximum atomic E-state index is 13.0. The second-order valence-electron chi connectivity index (χ2n) is 6.60. The Balaban J connectivity index is 1.59. The topological polar surface area (TPSA) is 75.7 Å². The van der Waals surface area contributed by atoms with Gasteiger partial charge in [-0.1, -0.05) is 30.3 Å². The summed E-state index contributed by atoms with van der Waals surface area (Å²) in [6.07, 6.45) is -0.291. The maximum Gasteiger partial charge on any atom is 0.258 e. The number of ether oxygens (including phenoxy) is 1. The van der Waals surface area contributed by atoms with Crippen LogP contribution in [0.2, 0.25) is 0 Å². The molecule has 2 aromatic carbocycles. The summed E-state index contributed by atoms with van der Waals surface area (Å²) in [7, 11) is 0. The average molecular weight is 350 g/mol. The van der Waals surface area contributed by atoms with Crippen LogP contribution >= 0.6 is 0 Å². The first kappa shape index (κ1) is 16.5. The number of amides is 3. The van der Waals surface area contributed by atoms with Gasteiger partial charge in [-0.3, -0.25) is 19.7 Å². The Hall–Kier alpha value is -2.99. The zero-order chi connectivity index (χ0) is 18.3. The first-order chi connectivity index (χ1) is 12.5. The summed E-state index contributed by atoms with van der Waals surface area (Å²) in [5.74, 6) is -1.05. The average Bonchev–Trinajstić information content (AvgIpc) is 2.95. The number of carbonyl (C=O) groups is 3. The molecule has 6 heteroatoms. The molecule has 0 aliphatic carbocycles. The highest BCUT2D eigenvalue weighted by molar-refractivity contribution is 6.22. The quantitative estimate of drug-likeness (QED) is 0.843. The van der Waals surface area contributed by atoms with Gasteiger partial charge in [0.1, 0.15) is 6.10 Å². The van der Waals surface area contributed by atoms with E-state index in [1.807, 2.05) is 37.3 Å². The van der Waals surface area contributed by atoms with Crippen LogP contribution < -0.4 is 5.32 Å². The molecule has 3 amide bonds. The van der Waals surface area contributed by atoms with Gasteiger partial charge in [0.05, 0.1) is 23.8 Å². The minimum Gasteiger partial charge on any atom is -0.367 e. The van der Waals surface area contributed by atoms with Gasteiger partial charge in [-0.15, -0.1) is 0 Å². The molecule has 0 radical (unpaired) electrons. The van der Waals surface area contributed by atoms with Crippen LogP contribution in [0, 0.1) is 0 Å². The van der Waals surface area contributed by atoms with E-state index in [0.717, 1.165) is 5.56 Å². The highest BCUT2D eigenvalue weighted by atomic mass is 16.5. The third-order valence-electron chi connectivity index (χ3n) is 4.70. The molecule has 1 saturated heterocycles. The normalized spacial score (nSPS) is 22.1. The number of rotatable bonds is 2. The van der Waals surface area contributed by atoms with Gasteiger partial charge in [-0.2, -0.15) is 0 Å². The van der Waals surface area contributed by atoms with E-state index in [-0.39, 0.29) is 23.7 Å². The van der Waals surface area contributed by atoms with E-state index in [4.69, 9.17) is 4.74 Å². The number of fused-ring (bicyclic) bond motifs is 1. The summed E-state index contributed by atoms with van der Waals surface area (Å²) >= 11 is 0. The van der Waals surface area contributed by atoms with E-state index in [2.05, 4.69) is 5.32 Å². The molecule has 26 heavy (non-hydrogen) atoms. The van der Waals surface area contributed by atoms with Crippen LogP contribution in [-0.2, 0) is 4.74 Å². The smallest absolute Gasteiger partial charge is 0.258 e. The fourth-order valence-corrected chi connectivity index (χ4v) is 3.45. The number of nitrogens with one attached hydrogen (secondary N) is 1. The molecule has 6 nitrogen and oxygen atoms in total. The van der Waals surface area contributed by atoms with Crippen molar-refractivity contribution >= 4 is 17.7 Å². The fourth-order valence-electron chi connectivity index (χ4n) is 3.45. The SMILES string of the molecule is C[C@H]1CN(C(=O)c2ccc3c(c2)C(=O)NC3=O)C[C@H](c2ccccc2)O1. The van der Waals surface area contributed by atoms with Crippen LogP contribution in [0.4, 0.5) is 0 Å². The molecule has 2 aliphatic heterocycles. The molecule has 2 aliphatic rings. The summed E-state index contributed by atoms with van der Waals surface area (Å²) in [5.41, 5.74) is 1.98. The Morgan fingerprint density at radius 3 is 2.54 bits per heavy atom. The first-order valence-electron chi connectivity index (χ1n) is 8.52. The van der Waals surface area contributed by atoms with Crippen LogP contribution in [-0.4, -0.2) is 41.8 Å². The van der Waals surface area contributed by atoms with Crippen LogP contribution in [0.25, 0.3) is 0 Å². The largest absolute Gasteiger partial charge is 0.367 e. The first-order valence-corrected chi connectivity index (χ1v) is 8.52.